The first-order chi connectivity index (χ1) is 10.7. The summed E-state index contributed by atoms with van der Waals surface area (Å²) in [6.07, 6.45) is 0. The van der Waals surface area contributed by atoms with E-state index < -0.39 is 17.6 Å². The van der Waals surface area contributed by atoms with Crippen LogP contribution in [0.5, 0.6) is 0 Å². The van der Waals surface area contributed by atoms with Crippen LogP contribution in [0, 0.1) is 0 Å². The molecular formula is C12H33N6O3Ti. The first-order valence-corrected chi connectivity index (χ1v) is 10.8. The molecule has 0 amide bonds. The number of hydroxylamine groups is 2. The number of nitrogens with one attached hydrogen (secondary N) is 6. The van der Waals surface area contributed by atoms with E-state index in [9.17, 15) is 3.32 Å². The van der Waals surface area contributed by atoms with Crippen LogP contribution in [0.25, 0.3) is 0 Å². The minimum atomic E-state index is -4.29. The molecule has 0 aliphatic heterocycles. The molecule has 6 N–H and O–H groups in total. The summed E-state index contributed by atoms with van der Waals surface area (Å²) in [6.45, 7) is 12.5. The zero-order valence-electron chi connectivity index (χ0n) is 14.1. The number of hydrogen-bond acceptors (Lipinski definition) is 8. The number of hydrogen-bond donors (Lipinski definition) is 6. The van der Waals surface area contributed by atoms with Crippen LogP contribution in [0.15, 0.2) is 0 Å². The van der Waals surface area contributed by atoms with Crippen LogP contribution in [0.1, 0.15) is 20.8 Å². The van der Waals surface area contributed by atoms with E-state index in [2.05, 4.69) is 30.7 Å². The van der Waals surface area contributed by atoms with Gasteiger partial charge in [-0.3, -0.25) is 0 Å². The summed E-state index contributed by atoms with van der Waals surface area (Å²) in [7, 11) is 0. The summed E-state index contributed by atoms with van der Waals surface area (Å²) in [6, 6.07) is 0. The van der Waals surface area contributed by atoms with E-state index in [1.54, 1.807) is 0 Å². The Bertz CT molecular complexity index is 268. The summed E-state index contributed by atoms with van der Waals surface area (Å²) in [5.41, 5.74) is 5.40. The molecule has 0 aliphatic rings. The number of likely N-dealkylation sites (N-methyl/N-ethyl adjacent to an activating group) is 3. The van der Waals surface area contributed by atoms with Crippen LogP contribution in [0.4, 0.5) is 0 Å². The number of rotatable bonds is 17. The second-order valence-electron chi connectivity index (χ2n) is 4.54. The van der Waals surface area contributed by atoms with Crippen molar-refractivity contribution < 1.29 is 27.8 Å². The van der Waals surface area contributed by atoms with Gasteiger partial charge in [-0.15, -0.1) is 0 Å². The molecule has 22 heavy (non-hydrogen) atoms. The summed E-state index contributed by atoms with van der Waals surface area (Å²) in [4.78, 5) is 0. The molecule has 0 radical (unpaired) electrons. The molecule has 10 heteroatoms. The van der Waals surface area contributed by atoms with Gasteiger partial charge in [0.1, 0.15) is 0 Å². The van der Waals surface area contributed by atoms with E-state index in [1.807, 2.05) is 20.8 Å². The minimum absolute atomic E-state index is 0.515. The van der Waals surface area contributed by atoms with E-state index in [4.69, 9.17) is 6.84 Å². The van der Waals surface area contributed by atoms with Crippen LogP contribution >= 0.6 is 0 Å². The topological polar surface area (TPSA) is 108 Å². The molecule has 0 aromatic carbocycles. The third-order valence-corrected chi connectivity index (χ3v) is 4.97. The molecule has 0 aromatic rings. The molecule has 0 bridgehead atoms. The van der Waals surface area contributed by atoms with E-state index in [0.717, 1.165) is 32.7 Å². The van der Waals surface area contributed by atoms with Crippen LogP contribution < -0.4 is 30.7 Å². The van der Waals surface area contributed by atoms with Gasteiger partial charge in [-0.05, 0) is 0 Å². The molecular weight excluding hydrogens is 324 g/mol. The van der Waals surface area contributed by atoms with E-state index in [0.29, 0.717) is 26.2 Å². The molecule has 0 heterocycles. The van der Waals surface area contributed by atoms with Gasteiger partial charge in [0.2, 0.25) is 0 Å². The van der Waals surface area contributed by atoms with E-state index in [-0.39, 0.29) is 0 Å². The fourth-order valence-corrected chi connectivity index (χ4v) is 3.37. The van der Waals surface area contributed by atoms with Crippen molar-refractivity contribution in [3.63, 3.8) is 0 Å². The van der Waals surface area contributed by atoms with Crippen molar-refractivity contribution in [2.45, 2.75) is 20.8 Å². The van der Waals surface area contributed by atoms with Crippen LogP contribution in [-0.2, 0) is 27.8 Å². The molecule has 0 aromatic heterocycles. The Morgan fingerprint density at radius 2 is 1.09 bits per heavy atom. The monoisotopic (exact) mass is 357 g/mol. The molecule has 133 valence electrons. The Morgan fingerprint density at radius 1 is 0.682 bits per heavy atom. The molecule has 0 fully saturated rings. The molecule has 9 nitrogen and oxygen atoms in total. The maximum atomic E-state index is 12.6. The third-order valence-electron chi connectivity index (χ3n) is 2.61. The summed E-state index contributed by atoms with van der Waals surface area (Å²) in [5, 5.41) is 9.43. The predicted octanol–water partition coefficient (Wildman–Crippen LogP) is -1.31. The second-order valence-corrected chi connectivity index (χ2v) is 7.46. The van der Waals surface area contributed by atoms with Gasteiger partial charge in [0.15, 0.2) is 0 Å². The summed E-state index contributed by atoms with van der Waals surface area (Å²) < 4.78 is 26.0. The molecule has 0 saturated carbocycles. The fraction of sp³-hybridized carbons (Fsp3) is 1.00. The van der Waals surface area contributed by atoms with Gasteiger partial charge in [0.05, 0.1) is 0 Å². The van der Waals surface area contributed by atoms with Crippen molar-refractivity contribution in [3.8, 4) is 0 Å². The van der Waals surface area contributed by atoms with Crippen molar-refractivity contribution in [2.24, 2.45) is 0 Å². The average Bonchev–Trinajstić information content (AvgIpc) is 2.51. The SMILES string of the molecule is CCNCCN[O][Ti](=[O])([NH]CCNCC)[O]NCCNCC. The fourth-order valence-electron chi connectivity index (χ4n) is 1.50. The van der Waals surface area contributed by atoms with Crippen molar-refractivity contribution in [3.05, 3.63) is 0 Å². The Balaban J connectivity index is 4.02. The summed E-state index contributed by atoms with van der Waals surface area (Å²) >= 11 is -4.29. The van der Waals surface area contributed by atoms with E-state index in [1.165, 1.54) is 0 Å². The molecule has 0 spiro atoms. The quantitative estimate of drug-likeness (QED) is 0.107. The summed E-state index contributed by atoms with van der Waals surface area (Å²) in [5.74, 6) is 0. The predicted molar refractivity (Wildman–Crippen MR) is 82.5 cm³/mol. The van der Waals surface area contributed by atoms with E-state index >= 15 is 0 Å². The molecule has 0 atom stereocenters. The third kappa shape index (κ3) is 13.8. The molecule has 0 saturated heterocycles. The first kappa shape index (κ1) is 22.2. The van der Waals surface area contributed by atoms with Crippen molar-refractivity contribution in [1.82, 2.24) is 30.7 Å². The Hall–Kier alpha value is 0.194. The normalized spacial score (nSPS) is 12.0. The van der Waals surface area contributed by atoms with Gasteiger partial charge in [-0.1, -0.05) is 0 Å². The zero-order valence-corrected chi connectivity index (χ0v) is 15.7. The molecule has 0 unspecified atom stereocenters. The van der Waals surface area contributed by atoms with Crippen molar-refractivity contribution in [1.29, 1.82) is 0 Å². The van der Waals surface area contributed by atoms with Gasteiger partial charge in [0.25, 0.3) is 0 Å². The van der Waals surface area contributed by atoms with Crippen LogP contribution in [0.2, 0.25) is 0 Å². The van der Waals surface area contributed by atoms with Gasteiger partial charge in [-0.25, -0.2) is 0 Å². The van der Waals surface area contributed by atoms with Crippen molar-refractivity contribution in [2.75, 3.05) is 58.9 Å². The molecule has 0 aliphatic carbocycles. The maximum absolute atomic E-state index is 12.6. The second kappa shape index (κ2) is 16.1. The van der Waals surface area contributed by atoms with Gasteiger partial charge < -0.3 is 0 Å². The van der Waals surface area contributed by atoms with Crippen LogP contribution in [0.3, 0.4) is 0 Å². The Morgan fingerprint density at radius 3 is 1.50 bits per heavy atom. The Labute approximate surface area is 138 Å². The van der Waals surface area contributed by atoms with Gasteiger partial charge >= 0.3 is 138 Å². The average molecular weight is 357 g/mol. The van der Waals surface area contributed by atoms with Gasteiger partial charge in [0, 0.05) is 0 Å². The standard InChI is InChI=1S/2C4H11N2O.C4H11N2.O.Ti/c2*1-2-5-3-4-6-7;1-2-6-4-3-5;;/h2*5-6H,2-4H2,1H3;5-6H,2-4H2,1H3;;/q3*-1;;+3. The first-order valence-electron chi connectivity index (χ1n) is 8.07. The van der Waals surface area contributed by atoms with Crippen molar-refractivity contribution >= 4 is 0 Å². The molecule has 0 rings (SSSR count). The Kier molecular flexibility index (Phi) is 16.2. The van der Waals surface area contributed by atoms with Gasteiger partial charge in [-0.2, -0.15) is 0 Å². The van der Waals surface area contributed by atoms with Crippen LogP contribution in [-0.4, -0.2) is 58.9 Å². The zero-order chi connectivity index (χ0) is 16.5.